The minimum atomic E-state index is -0.438. The molecule has 2 N–H and O–H groups in total. The predicted octanol–water partition coefficient (Wildman–Crippen LogP) is 3.63. The summed E-state index contributed by atoms with van der Waals surface area (Å²) in [6.07, 6.45) is 0.828. The van der Waals surface area contributed by atoms with Crippen LogP contribution in [0.1, 0.15) is 40.1 Å². The Morgan fingerprint density at radius 3 is 2.38 bits per heavy atom. The first-order chi connectivity index (χ1) is 11.4. The molecule has 2 aromatic carbocycles. The van der Waals surface area contributed by atoms with Gasteiger partial charge >= 0.3 is 5.97 Å². The molecular formula is C19H21NO4. The van der Waals surface area contributed by atoms with Crippen LogP contribution in [0.2, 0.25) is 0 Å². The Kier molecular flexibility index (Phi) is 5.58. The second-order valence-electron chi connectivity index (χ2n) is 5.97. The van der Waals surface area contributed by atoms with E-state index in [0.29, 0.717) is 17.2 Å². The fraction of sp³-hybridized carbons (Fsp3) is 0.263. The number of hydrogen-bond donors (Lipinski definition) is 2. The number of phenols is 1. The van der Waals surface area contributed by atoms with Gasteiger partial charge in [-0.15, -0.1) is 0 Å². The van der Waals surface area contributed by atoms with Gasteiger partial charge in [0.15, 0.2) is 0 Å². The van der Waals surface area contributed by atoms with Crippen LogP contribution in [0.5, 0.6) is 5.75 Å². The van der Waals surface area contributed by atoms with Crippen molar-refractivity contribution in [1.82, 2.24) is 0 Å². The maximum Gasteiger partial charge on any atom is 0.337 e. The van der Waals surface area contributed by atoms with Crippen molar-refractivity contribution in [3.63, 3.8) is 0 Å². The average molecular weight is 327 g/mol. The van der Waals surface area contributed by atoms with E-state index in [1.807, 2.05) is 6.07 Å². The van der Waals surface area contributed by atoms with E-state index in [2.05, 4.69) is 23.9 Å². The molecule has 1 amide bonds. The Balaban J connectivity index is 2.16. The molecular weight excluding hydrogens is 306 g/mol. The number of aromatic hydroxyl groups is 1. The summed E-state index contributed by atoms with van der Waals surface area (Å²) in [5, 5.41) is 12.7. The summed E-state index contributed by atoms with van der Waals surface area (Å²) in [7, 11) is 1.31. The number of benzene rings is 2. The van der Waals surface area contributed by atoms with E-state index in [4.69, 9.17) is 0 Å². The van der Waals surface area contributed by atoms with Crippen molar-refractivity contribution >= 4 is 17.6 Å². The highest BCUT2D eigenvalue weighted by molar-refractivity contribution is 6.06. The molecule has 0 unspecified atom stereocenters. The van der Waals surface area contributed by atoms with Crippen molar-refractivity contribution in [2.75, 3.05) is 12.4 Å². The van der Waals surface area contributed by atoms with Crippen molar-refractivity contribution in [3.8, 4) is 5.75 Å². The van der Waals surface area contributed by atoms with Gasteiger partial charge in [-0.1, -0.05) is 19.9 Å². The molecule has 0 spiro atoms. The van der Waals surface area contributed by atoms with Crippen LogP contribution in [0.15, 0.2) is 42.5 Å². The summed E-state index contributed by atoms with van der Waals surface area (Å²) in [4.78, 5) is 23.8. The summed E-state index contributed by atoms with van der Waals surface area (Å²) in [6, 6.07) is 11.4. The van der Waals surface area contributed by atoms with Crippen LogP contribution in [-0.4, -0.2) is 24.1 Å². The normalized spacial score (nSPS) is 10.5. The summed E-state index contributed by atoms with van der Waals surface area (Å²) < 4.78 is 4.63. The Hall–Kier alpha value is -2.82. The zero-order chi connectivity index (χ0) is 17.7. The monoisotopic (exact) mass is 327 g/mol. The third kappa shape index (κ3) is 4.35. The van der Waals surface area contributed by atoms with E-state index in [1.165, 1.54) is 13.2 Å². The van der Waals surface area contributed by atoms with Gasteiger partial charge < -0.3 is 15.2 Å². The number of esters is 1. The van der Waals surface area contributed by atoms with Crippen molar-refractivity contribution in [3.05, 3.63) is 59.2 Å². The van der Waals surface area contributed by atoms with Gasteiger partial charge in [0.1, 0.15) is 5.75 Å². The number of ether oxygens (including phenoxy) is 1. The number of rotatable bonds is 5. The Labute approximate surface area is 141 Å². The Morgan fingerprint density at radius 2 is 1.79 bits per heavy atom. The van der Waals surface area contributed by atoms with Gasteiger partial charge in [0, 0.05) is 5.69 Å². The van der Waals surface area contributed by atoms with E-state index in [0.717, 1.165) is 12.0 Å². The number of carbonyl (C=O) groups is 2. The molecule has 2 aromatic rings. The Morgan fingerprint density at radius 1 is 1.12 bits per heavy atom. The van der Waals surface area contributed by atoms with E-state index >= 15 is 0 Å². The van der Waals surface area contributed by atoms with Gasteiger partial charge in [-0.05, 0) is 54.3 Å². The van der Waals surface area contributed by atoms with Crippen LogP contribution >= 0.6 is 0 Å². The number of nitrogens with one attached hydrogen (secondary N) is 1. The van der Waals surface area contributed by atoms with E-state index in [1.54, 1.807) is 30.3 Å². The minimum absolute atomic E-state index is 0.0637. The smallest absolute Gasteiger partial charge is 0.337 e. The minimum Gasteiger partial charge on any atom is -0.507 e. The van der Waals surface area contributed by atoms with Gasteiger partial charge in [-0.25, -0.2) is 4.79 Å². The first-order valence-corrected chi connectivity index (χ1v) is 7.72. The summed E-state index contributed by atoms with van der Waals surface area (Å²) >= 11 is 0. The number of carbonyl (C=O) groups excluding carboxylic acids is 2. The lowest BCUT2D eigenvalue weighted by atomic mass is 10.00. The van der Waals surface area contributed by atoms with Crippen molar-refractivity contribution < 1.29 is 19.4 Å². The molecule has 0 aliphatic rings. The van der Waals surface area contributed by atoms with Crippen molar-refractivity contribution in [2.45, 2.75) is 20.3 Å². The van der Waals surface area contributed by atoms with Gasteiger partial charge in [-0.3, -0.25) is 4.79 Å². The molecule has 0 fully saturated rings. The molecule has 0 aromatic heterocycles. The molecule has 0 bridgehead atoms. The largest absolute Gasteiger partial charge is 0.507 e. The lowest BCUT2D eigenvalue weighted by Gasteiger charge is -2.10. The van der Waals surface area contributed by atoms with E-state index in [9.17, 15) is 14.7 Å². The first-order valence-electron chi connectivity index (χ1n) is 7.72. The third-order valence-electron chi connectivity index (χ3n) is 3.51. The number of amides is 1. The van der Waals surface area contributed by atoms with Crippen molar-refractivity contribution in [1.29, 1.82) is 0 Å². The maximum absolute atomic E-state index is 12.4. The number of phenolic OH excluding ortho intramolecular Hbond substituents is 1. The SMILES string of the molecule is COC(=O)c1ccc(NC(=O)c2cc(CC(C)C)ccc2O)cc1. The molecule has 5 nitrogen and oxygen atoms in total. The maximum atomic E-state index is 12.4. The fourth-order valence-electron chi connectivity index (χ4n) is 2.37. The van der Waals surface area contributed by atoms with Crippen LogP contribution in [0, 0.1) is 5.92 Å². The third-order valence-corrected chi connectivity index (χ3v) is 3.51. The first kappa shape index (κ1) is 17.5. The van der Waals surface area contributed by atoms with Crippen molar-refractivity contribution in [2.24, 2.45) is 5.92 Å². The van der Waals surface area contributed by atoms with E-state index in [-0.39, 0.29) is 11.3 Å². The highest BCUT2D eigenvalue weighted by atomic mass is 16.5. The molecule has 0 heterocycles. The molecule has 5 heteroatoms. The molecule has 0 aliphatic heterocycles. The molecule has 126 valence electrons. The molecule has 0 aliphatic carbocycles. The second kappa shape index (κ2) is 7.64. The van der Waals surface area contributed by atoms with Crippen LogP contribution in [0.3, 0.4) is 0 Å². The molecule has 2 rings (SSSR count). The molecule has 0 saturated carbocycles. The topological polar surface area (TPSA) is 75.6 Å². The van der Waals surface area contributed by atoms with Crippen LogP contribution in [0.25, 0.3) is 0 Å². The molecule has 24 heavy (non-hydrogen) atoms. The lowest BCUT2D eigenvalue weighted by molar-refractivity contribution is 0.0600. The summed E-state index contributed by atoms with van der Waals surface area (Å²) in [5.74, 6) is -0.446. The zero-order valence-electron chi connectivity index (χ0n) is 14.0. The van der Waals surface area contributed by atoms with Crippen LogP contribution in [0.4, 0.5) is 5.69 Å². The van der Waals surface area contributed by atoms with Gasteiger partial charge in [0.25, 0.3) is 5.91 Å². The van der Waals surface area contributed by atoms with Crippen LogP contribution < -0.4 is 5.32 Å². The second-order valence-corrected chi connectivity index (χ2v) is 5.97. The predicted molar refractivity (Wildman–Crippen MR) is 92.4 cm³/mol. The van der Waals surface area contributed by atoms with Gasteiger partial charge in [0.2, 0.25) is 0 Å². The molecule has 0 saturated heterocycles. The average Bonchev–Trinajstić information content (AvgIpc) is 2.56. The van der Waals surface area contributed by atoms with E-state index < -0.39 is 11.9 Å². The molecule has 0 atom stereocenters. The standard InChI is InChI=1S/C19H21NO4/c1-12(2)10-13-4-9-17(21)16(11-13)18(22)20-15-7-5-14(6-8-15)19(23)24-3/h4-9,11-12,21H,10H2,1-3H3,(H,20,22). The summed E-state index contributed by atoms with van der Waals surface area (Å²) in [6.45, 7) is 4.19. The van der Waals surface area contributed by atoms with Crippen LogP contribution in [-0.2, 0) is 11.2 Å². The lowest BCUT2D eigenvalue weighted by Crippen LogP contribution is -2.13. The number of anilines is 1. The van der Waals surface area contributed by atoms with Gasteiger partial charge in [0.05, 0.1) is 18.2 Å². The van der Waals surface area contributed by atoms with Gasteiger partial charge in [-0.2, -0.15) is 0 Å². The molecule has 0 radical (unpaired) electrons. The highest BCUT2D eigenvalue weighted by Crippen LogP contribution is 2.22. The fourth-order valence-corrected chi connectivity index (χ4v) is 2.37. The zero-order valence-corrected chi connectivity index (χ0v) is 14.0. The number of hydrogen-bond acceptors (Lipinski definition) is 4. The Bertz CT molecular complexity index is 736. The quantitative estimate of drug-likeness (QED) is 0.822. The number of methoxy groups -OCH3 is 1. The summed E-state index contributed by atoms with van der Waals surface area (Å²) in [5.41, 5.74) is 2.15. The highest BCUT2D eigenvalue weighted by Gasteiger charge is 2.13.